The summed E-state index contributed by atoms with van der Waals surface area (Å²) in [6, 6.07) is 10.2. The summed E-state index contributed by atoms with van der Waals surface area (Å²) in [5.41, 5.74) is 0.932. The maximum absolute atomic E-state index is 13.0. The van der Waals surface area contributed by atoms with Gasteiger partial charge in [-0.1, -0.05) is 44.5 Å². The van der Waals surface area contributed by atoms with Crippen molar-refractivity contribution in [2.45, 2.75) is 57.0 Å². The van der Waals surface area contributed by atoms with E-state index in [1.165, 1.54) is 4.68 Å². The Bertz CT molecular complexity index is 1010. The van der Waals surface area contributed by atoms with Gasteiger partial charge in [-0.05, 0) is 36.6 Å². The first kappa shape index (κ1) is 21.8. The number of aryl methyl sites for hydroxylation is 1. The molecular weight excluding hydrogens is 402 g/mol. The Morgan fingerprint density at radius 1 is 1.33 bits per heavy atom. The maximum atomic E-state index is 13.0. The minimum absolute atomic E-state index is 0.209. The normalized spacial score (nSPS) is 15.7. The molecule has 2 amide bonds. The fourth-order valence-electron chi connectivity index (χ4n) is 3.10. The number of rotatable bonds is 6. The van der Waals surface area contributed by atoms with Gasteiger partial charge in [-0.15, -0.1) is 0 Å². The largest absolute Gasteiger partial charge is 0.339 e. The summed E-state index contributed by atoms with van der Waals surface area (Å²) in [7, 11) is 1.70. The van der Waals surface area contributed by atoms with Crippen LogP contribution in [0.2, 0.25) is 5.02 Å². The van der Waals surface area contributed by atoms with Crippen molar-refractivity contribution >= 4 is 23.4 Å². The number of carbonyl (C=O) groups is 2. The molecule has 1 atom stereocenters. The van der Waals surface area contributed by atoms with Crippen molar-refractivity contribution in [3.63, 3.8) is 0 Å². The van der Waals surface area contributed by atoms with Crippen molar-refractivity contribution in [1.29, 1.82) is 5.26 Å². The first-order valence-corrected chi connectivity index (χ1v) is 10.2. The fourth-order valence-corrected chi connectivity index (χ4v) is 3.31. The van der Waals surface area contributed by atoms with Crippen LogP contribution in [-0.4, -0.2) is 33.2 Å². The number of benzene rings is 1. The molecule has 1 aliphatic rings. The number of nitrogens with one attached hydrogen (secondary N) is 2. The van der Waals surface area contributed by atoms with Gasteiger partial charge in [-0.25, -0.2) is 0 Å². The lowest BCUT2D eigenvalue weighted by Crippen LogP contribution is -2.51. The zero-order valence-electron chi connectivity index (χ0n) is 17.6. The molecule has 1 fully saturated rings. The molecule has 3 rings (SSSR count). The molecule has 1 saturated carbocycles. The topological polar surface area (TPSA) is 99.8 Å². The van der Waals surface area contributed by atoms with Crippen molar-refractivity contribution in [2.75, 3.05) is 0 Å². The Labute approximate surface area is 181 Å². The summed E-state index contributed by atoms with van der Waals surface area (Å²) in [6.45, 7) is 6.05. The Hall–Kier alpha value is -2.85. The second-order valence-corrected chi connectivity index (χ2v) is 9.27. The quantitative estimate of drug-likeness (QED) is 0.740. The lowest BCUT2D eigenvalue weighted by atomic mass is 9.92. The minimum atomic E-state index is -0.852. The van der Waals surface area contributed by atoms with Crippen LogP contribution in [0.1, 0.15) is 55.4 Å². The molecule has 1 heterocycles. The van der Waals surface area contributed by atoms with Crippen molar-refractivity contribution in [2.24, 2.45) is 7.05 Å². The number of nitriles is 1. The number of hydrogen-bond donors (Lipinski definition) is 2. The van der Waals surface area contributed by atoms with Crippen molar-refractivity contribution in [3.8, 4) is 6.07 Å². The van der Waals surface area contributed by atoms with E-state index in [1.54, 1.807) is 31.3 Å². The Balaban J connectivity index is 1.83. The van der Waals surface area contributed by atoms with E-state index >= 15 is 0 Å². The highest BCUT2D eigenvalue weighted by Gasteiger charge is 2.45. The third kappa shape index (κ3) is 5.00. The average molecular weight is 428 g/mol. The van der Waals surface area contributed by atoms with Crippen molar-refractivity contribution in [3.05, 3.63) is 52.3 Å². The predicted octanol–water partition coefficient (Wildman–Crippen LogP) is 2.88. The number of halogens is 1. The van der Waals surface area contributed by atoms with Gasteiger partial charge < -0.3 is 10.6 Å². The zero-order valence-corrected chi connectivity index (χ0v) is 18.4. The fraction of sp³-hybridized carbons (Fsp3) is 0.455. The highest BCUT2D eigenvalue weighted by Crippen LogP contribution is 2.34. The third-order valence-electron chi connectivity index (χ3n) is 5.16. The van der Waals surface area contributed by atoms with E-state index in [4.69, 9.17) is 11.6 Å². The molecule has 1 aromatic heterocycles. The molecule has 0 spiro atoms. The van der Waals surface area contributed by atoms with E-state index in [9.17, 15) is 14.9 Å². The Morgan fingerprint density at radius 3 is 2.57 bits per heavy atom. The van der Waals surface area contributed by atoms with Gasteiger partial charge >= 0.3 is 0 Å². The predicted molar refractivity (Wildman–Crippen MR) is 114 cm³/mol. The number of aromatic nitrogens is 2. The zero-order chi connectivity index (χ0) is 22.1. The molecule has 0 radical (unpaired) electrons. The van der Waals surface area contributed by atoms with Gasteiger partial charge in [0.05, 0.1) is 11.8 Å². The van der Waals surface area contributed by atoms with E-state index < -0.39 is 17.5 Å². The Kier molecular flexibility index (Phi) is 5.91. The van der Waals surface area contributed by atoms with Crippen LogP contribution >= 0.6 is 11.6 Å². The first-order chi connectivity index (χ1) is 14.0. The monoisotopic (exact) mass is 427 g/mol. The molecule has 0 bridgehead atoms. The summed E-state index contributed by atoms with van der Waals surface area (Å²) in [5, 5.41) is 19.9. The van der Waals surface area contributed by atoms with Crippen LogP contribution in [0.25, 0.3) is 0 Å². The molecule has 1 aromatic carbocycles. The second kappa shape index (κ2) is 8.11. The van der Waals surface area contributed by atoms with Gasteiger partial charge in [0.2, 0.25) is 5.91 Å². The van der Waals surface area contributed by atoms with Crippen LogP contribution in [0.5, 0.6) is 0 Å². The van der Waals surface area contributed by atoms with Crippen LogP contribution in [0.4, 0.5) is 0 Å². The molecule has 0 saturated heterocycles. The van der Waals surface area contributed by atoms with Gasteiger partial charge in [0, 0.05) is 23.9 Å². The summed E-state index contributed by atoms with van der Waals surface area (Å²) in [5.74, 6) is -0.787. The average Bonchev–Trinajstić information content (AvgIpc) is 3.31. The maximum Gasteiger partial charge on any atom is 0.270 e. The number of hydrogen-bond acceptors (Lipinski definition) is 4. The van der Waals surface area contributed by atoms with Gasteiger partial charge in [0.25, 0.3) is 5.91 Å². The summed E-state index contributed by atoms with van der Waals surface area (Å²) >= 11 is 6.07. The third-order valence-corrected chi connectivity index (χ3v) is 5.39. The van der Waals surface area contributed by atoms with Crippen LogP contribution in [0.15, 0.2) is 30.3 Å². The highest BCUT2D eigenvalue weighted by atomic mass is 35.5. The van der Waals surface area contributed by atoms with Crippen molar-refractivity contribution in [1.82, 2.24) is 20.4 Å². The molecule has 30 heavy (non-hydrogen) atoms. The SMILES string of the molecule is Cn1nc(C(C)(C)C)cc1C(=O)NC(Cc1cccc(Cl)c1)C(=O)NC1(C#N)CC1. The molecule has 0 aliphatic heterocycles. The van der Waals surface area contributed by atoms with E-state index in [0.717, 1.165) is 11.3 Å². The standard InChI is InChI=1S/C22H26ClN5O2/c1-21(2,3)18-12-17(28(4)27-18)20(30)25-16(11-14-6-5-7-15(23)10-14)19(29)26-22(13-24)8-9-22/h5-7,10,12,16H,8-9,11H2,1-4H3,(H,25,30)(H,26,29). The molecular formula is C22H26ClN5O2. The Morgan fingerprint density at radius 2 is 2.03 bits per heavy atom. The minimum Gasteiger partial charge on any atom is -0.339 e. The molecule has 7 nitrogen and oxygen atoms in total. The van der Waals surface area contributed by atoms with Crippen LogP contribution in [-0.2, 0) is 23.7 Å². The van der Waals surface area contributed by atoms with Crippen molar-refractivity contribution < 1.29 is 9.59 Å². The number of nitrogens with zero attached hydrogens (tertiary/aromatic N) is 3. The lowest BCUT2D eigenvalue weighted by Gasteiger charge is -2.20. The smallest absolute Gasteiger partial charge is 0.270 e. The molecule has 1 unspecified atom stereocenters. The summed E-state index contributed by atoms with van der Waals surface area (Å²) in [6.07, 6.45) is 1.48. The lowest BCUT2D eigenvalue weighted by molar-refractivity contribution is -0.123. The number of amides is 2. The van der Waals surface area contributed by atoms with Gasteiger partial charge in [0.15, 0.2) is 0 Å². The van der Waals surface area contributed by atoms with Gasteiger partial charge in [-0.2, -0.15) is 10.4 Å². The summed E-state index contributed by atoms with van der Waals surface area (Å²) < 4.78 is 1.52. The molecule has 158 valence electrons. The molecule has 2 aromatic rings. The van der Waals surface area contributed by atoms with Crippen LogP contribution in [0, 0.1) is 11.3 Å². The second-order valence-electron chi connectivity index (χ2n) is 8.83. The molecule has 8 heteroatoms. The van der Waals surface area contributed by atoms with E-state index in [2.05, 4.69) is 21.8 Å². The van der Waals surface area contributed by atoms with E-state index in [0.29, 0.717) is 23.6 Å². The van der Waals surface area contributed by atoms with Crippen LogP contribution in [0.3, 0.4) is 0 Å². The number of carbonyl (C=O) groups excluding carboxylic acids is 2. The van der Waals surface area contributed by atoms with Crippen LogP contribution < -0.4 is 10.6 Å². The molecule has 2 N–H and O–H groups in total. The van der Waals surface area contributed by atoms with Gasteiger partial charge in [-0.3, -0.25) is 14.3 Å². The van der Waals surface area contributed by atoms with E-state index in [-0.39, 0.29) is 17.7 Å². The first-order valence-electron chi connectivity index (χ1n) is 9.86. The summed E-state index contributed by atoms with van der Waals surface area (Å²) in [4.78, 5) is 25.9. The molecule has 1 aliphatic carbocycles. The van der Waals surface area contributed by atoms with E-state index in [1.807, 2.05) is 26.8 Å². The highest BCUT2D eigenvalue weighted by molar-refractivity contribution is 6.30. The van der Waals surface area contributed by atoms with Gasteiger partial charge in [0.1, 0.15) is 17.3 Å².